The Morgan fingerprint density at radius 3 is 2.71 bits per heavy atom. The first-order valence-electron chi connectivity index (χ1n) is 8.45. The molecule has 24 heavy (non-hydrogen) atoms. The lowest BCUT2D eigenvalue weighted by atomic mass is 10.2. The molecule has 8 nitrogen and oxygen atoms in total. The van der Waals surface area contributed by atoms with Crippen LogP contribution in [0.15, 0.2) is 18.6 Å². The maximum atomic E-state index is 11.8. The minimum Gasteiger partial charge on any atom is -0.373 e. The number of carbonyl (C=O) groups is 1. The summed E-state index contributed by atoms with van der Waals surface area (Å²) in [6.45, 7) is 9.82. The van der Waals surface area contributed by atoms with Gasteiger partial charge in [-0.2, -0.15) is 0 Å². The van der Waals surface area contributed by atoms with Gasteiger partial charge in [-0.3, -0.25) is 9.88 Å². The summed E-state index contributed by atoms with van der Waals surface area (Å²) in [7, 11) is 0. The van der Waals surface area contributed by atoms with Gasteiger partial charge in [0.05, 0.1) is 18.4 Å². The van der Waals surface area contributed by atoms with E-state index in [1.165, 1.54) is 0 Å². The van der Waals surface area contributed by atoms with Crippen molar-refractivity contribution in [3.8, 4) is 0 Å². The van der Waals surface area contributed by atoms with Crippen molar-refractivity contribution in [3.05, 3.63) is 18.6 Å². The quantitative estimate of drug-likeness (QED) is 0.635. The molecule has 1 aliphatic rings. The van der Waals surface area contributed by atoms with Crippen molar-refractivity contribution in [1.29, 1.82) is 0 Å². The largest absolute Gasteiger partial charge is 0.373 e. The molecule has 1 fully saturated rings. The first-order valence-corrected chi connectivity index (χ1v) is 8.45. The highest BCUT2D eigenvalue weighted by Gasteiger charge is 2.25. The van der Waals surface area contributed by atoms with Crippen LogP contribution in [0.1, 0.15) is 20.8 Å². The van der Waals surface area contributed by atoms with Crippen LogP contribution in [-0.4, -0.2) is 71.9 Å². The van der Waals surface area contributed by atoms with Crippen LogP contribution in [0.3, 0.4) is 0 Å². The van der Waals surface area contributed by atoms with E-state index in [4.69, 9.17) is 4.74 Å². The number of nitrogens with zero attached hydrogens (tertiary/aromatic N) is 3. The van der Waals surface area contributed by atoms with Gasteiger partial charge in [0, 0.05) is 51.2 Å². The Hall–Kier alpha value is -1.93. The molecule has 134 valence electrons. The van der Waals surface area contributed by atoms with E-state index in [0.29, 0.717) is 25.5 Å². The number of carbonyl (C=O) groups excluding carboxylic acids is 1. The average Bonchev–Trinajstić information content (AvgIpc) is 2.56. The van der Waals surface area contributed by atoms with Gasteiger partial charge < -0.3 is 20.7 Å². The van der Waals surface area contributed by atoms with Crippen molar-refractivity contribution in [2.45, 2.75) is 39.0 Å². The number of hydrogen-bond acceptors (Lipinski definition) is 6. The molecule has 2 rings (SSSR count). The summed E-state index contributed by atoms with van der Waals surface area (Å²) in [4.78, 5) is 22.3. The Bertz CT molecular complexity index is 491. The average molecular weight is 336 g/mol. The molecule has 0 saturated carbocycles. The molecule has 0 aromatic carbocycles. The number of morpholine rings is 1. The van der Waals surface area contributed by atoms with E-state index in [9.17, 15) is 4.79 Å². The summed E-state index contributed by atoms with van der Waals surface area (Å²) >= 11 is 0. The van der Waals surface area contributed by atoms with Crippen LogP contribution in [0, 0.1) is 0 Å². The highest BCUT2D eigenvalue weighted by molar-refractivity contribution is 5.73. The second-order valence-electron chi connectivity index (χ2n) is 6.21. The summed E-state index contributed by atoms with van der Waals surface area (Å²) in [5, 5.41) is 8.83. The molecule has 1 aromatic heterocycles. The summed E-state index contributed by atoms with van der Waals surface area (Å²) in [5.74, 6) is 0.698. The molecule has 3 N–H and O–H groups in total. The third kappa shape index (κ3) is 6.29. The second kappa shape index (κ2) is 9.39. The minimum atomic E-state index is -0.155. The fourth-order valence-corrected chi connectivity index (χ4v) is 2.77. The number of aromatic nitrogens is 2. The van der Waals surface area contributed by atoms with Crippen LogP contribution < -0.4 is 16.0 Å². The number of urea groups is 1. The fourth-order valence-electron chi connectivity index (χ4n) is 2.77. The Balaban J connectivity index is 1.58. The van der Waals surface area contributed by atoms with E-state index in [1.54, 1.807) is 18.6 Å². The normalized spacial score (nSPS) is 22.6. The third-order valence-electron chi connectivity index (χ3n) is 3.91. The van der Waals surface area contributed by atoms with E-state index in [2.05, 4.69) is 51.6 Å². The Kier molecular flexibility index (Phi) is 7.20. The number of amides is 2. The second-order valence-corrected chi connectivity index (χ2v) is 6.21. The van der Waals surface area contributed by atoms with Gasteiger partial charge in [0.15, 0.2) is 0 Å². The predicted molar refractivity (Wildman–Crippen MR) is 93.0 cm³/mol. The smallest absolute Gasteiger partial charge is 0.314 e. The van der Waals surface area contributed by atoms with E-state index < -0.39 is 0 Å². The SMILES string of the molecule is C[C@@H]1CN([C@@H](C)CNC(=O)NCCNc2cnccn2)C[C@@H](C)O1. The highest BCUT2D eigenvalue weighted by atomic mass is 16.5. The lowest BCUT2D eigenvalue weighted by Gasteiger charge is -2.38. The molecule has 2 amide bonds. The summed E-state index contributed by atoms with van der Waals surface area (Å²) in [6, 6.07) is 0.124. The van der Waals surface area contributed by atoms with Crippen LogP contribution in [0.2, 0.25) is 0 Å². The molecule has 1 saturated heterocycles. The molecule has 8 heteroatoms. The van der Waals surface area contributed by atoms with Gasteiger partial charge in [-0.25, -0.2) is 9.78 Å². The summed E-state index contributed by atoms with van der Waals surface area (Å²) in [5.41, 5.74) is 0. The van der Waals surface area contributed by atoms with Crippen LogP contribution in [-0.2, 0) is 4.74 Å². The van der Waals surface area contributed by atoms with E-state index in [1.807, 2.05) is 0 Å². The zero-order valence-electron chi connectivity index (χ0n) is 14.7. The number of ether oxygens (including phenoxy) is 1. The Morgan fingerprint density at radius 1 is 1.29 bits per heavy atom. The third-order valence-corrected chi connectivity index (χ3v) is 3.91. The van der Waals surface area contributed by atoms with Crippen LogP contribution in [0.5, 0.6) is 0 Å². The lowest BCUT2D eigenvalue weighted by molar-refractivity contribution is -0.0778. The Labute approximate surface area is 143 Å². The van der Waals surface area contributed by atoms with Crippen LogP contribution in [0.4, 0.5) is 10.6 Å². The number of rotatable bonds is 7. The van der Waals surface area contributed by atoms with Crippen molar-refractivity contribution in [1.82, 2.24) is 25.5 Å². The molecular weight excluding hydrogens is 308 g/mol. The van der Waals surface area contributed by atoms with Crippen LogP contribution >= 0.6 is 0 Å². The standard InChI is InChI=1S/C16H28N6O2/c1-12(22-10-13(2)24-14(3)11-22)8-21-16(23)20-7-6-19-15-9-17-4-5-18-15/h4-5,9,12-14H,6-8,10-11H2,1-3H3,(H,18,19)(H2,20,21,23)/t12-,13+,14+/m0/s1. The maximum absolute atomic E-state index is 11.8. The van der Waals surface area contributed by atoms with Crippen molar-refractivity contribution >= 4 is 11.8 Å². The molecular formula is C16H28N6O2. The van der Waals surface area contributed by atoms with Gasteiger partial charge in [-0.15, -0.1) is 0 Å². The van der Waals surface area contributed by atoms with E-state index >= 15 is 0 Å². The maximum Gasteiger partial charge on any atom is 0.314 e. The molecule has 1 aromatic rings. The highest BCUT2D eigenvalue weighted by Crippen LogP contribution is 2.13. The molecule has 3 atom stereocenters. The topological polar surface area (TPSA) is 91.4 Å². The van der Waals surface area contributed by atoms with Crippen LogP contribution in [0.25, 0.3) is 0 Å². The molecule has 0 bridgehead atoms. The molecule has 0 spiro atoms. The molecule has 0 radical (unpaired) electrons. The van der Waals surface area contributed by atoms with Crippen molar-refractivity contribution in [3.63, 3.8) is 0 Å². The van der Waals surface area contributed by atoms with Crippen molar-refractivity contribution in [2.75, 3.05) is 38.0 Å². The summed E-state index contributed by atoms with van der Waals surface area (Å²) < 4.78 is 5.74. The van der Waals surface area contributed by atoms with E-state index in [0.717, 1.165) is 13.1 Å². The molecule has 0 aliphatic carbocycles. The minimum absolute atomic E-state index is 0.155. The number of nitrogens with one attached hydrogen (secondary N) is 3. The van der Waals surface area contributed by atoms with Gasteiger partial charge in [-0.05, 0) is 20.8 Å². The molecule has 2 heterocycles. The van der Waals surface area contributed by atoms with Gasteiger partial charge >= 0.3 is 6.03 Å². The van der Waals surface area contributed by atoms with E-state index in [-0.39, 0.29) is 24.3 Å². The number of anilines is 1. The monoisotopic (exact) mass is 336 g/mol. The van der Waals surface area contributed by atoms with Crippen molar-refractivity contribution < 1.29 is 9.53 Å². The first kappa shape index (κ1) is 18.4. The fraction of sp³-hybridized carbons (Fsp3) is 0.688. The van der Waals surface area contributed by atoms with Gasteiger partial charge in [0.2, 0.25) is 0 Å². The first-order chi connectivity index (χ1) is 11.5. The molecule has 1 aliphatic heterocycles. The summed E-state index contributed by atoms with van der Waals surface area (Å²) in [6.07, 6.45) is 5.35. The van der Waals surface area contributed by atoms with Gasteiger partial charge in [0.25, 0.3) is 0 Å². The number of hydrogen-bond donors (Lipinski definition) is 3. The van der Waals surface area contributed by atoms with Gasteiger partial charge in [-0.1, -0.05) is 0 Å². The molecule has 0 unspecified atom stereocenters. The zero-order valence-corrected chi connectivity index (χ0v) is 14.7. The lowest BCUT2D eigenvalue weighted by Crippen LogP contribution is -2.53. The zero-order chi connectivity index (χ0) is 17.4. The Morgan fingerprint density at radius 2 is 2.04 bits per heavy atom. The van der Waals surface area contributed by atoms with Crippen molar-refractivity contribution in [2.24, 2.45) is 0 Å². The van der Waals surface area contributed by atoms with Gasteiger partial charge in [0.1, 0.15) is 5.82 Å². The predicted octanol–water partition coefficient (Wildman–Crippen LogP) is 0.685.